The van der Waals surface area contributed by atoms with Crippen molar-refractivity contribution < 1.29 is 4.79 Å². The van der Waals surface area contributed by atoms with Crippen LogP contribution in [-0.4, -0.2) is 37.1 Å². The highest BCUT2D eigenvalue weighted by Crippen LogP contribution is 2.33. The average molecular weight is 455 g/mol. The molecule has 0 spiro atoms. The Kier molecular flexibility index (Phi) is 6.29. The Morgan fingerprint density at radius 3 is 2.77 bits per heavy atom. The first kappa shape index (κ1) is 21.8. The van der Waals surface area contributed by atoms with Gasteiger partial charge in [0.25, 0.3) is 11.5 Å². The van der Waals surface area contributed by atoms with Crippen LogP contribution in [0.3, 0.4) is 0 Å². The summed E-state index contributed by atoms with van der Waals surface area (Å²) in [6, 6.07) is 4.03. The van der Waals surface area contributed by atoms with Crippen LogP contribution in [0.1, 0.15) is 43.7 Å². The molecule has 0 atom stereocenters. The fourth-order valence-electron chi connectivity index (χ4n) is 4.07. The number of aromatic nitrogens is 2. The van der Waals surface area contributed by atoms with E-state index in [1.807, 2.05) is 19.1 Å². The Hall–Kier alpha value is -2.45. The second-order valence-corrected chi connectivity index (χ2v) is 9.92. The Labute approximate surface area is 191 Å². The van der Waals surface area contributed by atoms with Gasteiger partial charge in [0.1, 0.15) is 15.8 Å². The highest BCUT2D eigenvalue weighted by atomic mass is 32.2. The minimum absolute atomic E-state index is 0.200. The number of nitrogens with zero attached hydrogens (tertiary/aromatic N) is 3. The van der Waals surface area contributed by atoms with Crippen LogP contribution in [0.15, 0.2) is 40.7 Å². The van der Waals surface area contributed by atoms with Gasteiger partial charge in [0.05, 0.1) is 10.5 Å². The largest absolute Gasteiger partial charge is 0.367 e. The Bertz CT molecular complexity index is 1150. The molecule has 2 fully saturated rings. The molecule has 162 valence electrons. The summed E-state index contributed by atoms with van der Waals surface area (Å²) in [4.78, 5) is 33.0. The fraction of sp³-hybridized carbons (Fsp3) is 0.391. The van der Waals surface area contributed by atoms with Gasteiger partial charge < -0.3 is 5.32 Å². The molecule has 3 heterocycles. The predicted octanol–water partition coefficient (Wildman–Crippen LogP) is 4.38. The standard InChI is InChI=1S/C23H26N4O2S2/c1-4-11-27-22(29)18(31-23(27)30)13-17-19(24-16-9-7-14(2)8-10-16)25-20-15(3)6-5-12-26(20)21(17)28/h4-6,12-14,16,24H,1,7-11H2,2-3H3. The molecule has 6 nitrogen and oxygen atoms in total. The van der Waals surface area contributed by atoms with Crippen molar-refractivity contribution in [1.82, 2.24) is 14.3 Å². The van der Waals surface area contributed by atoms with Crippen LogP contribution in [0.2, 0.25) is 0 Å². The summed E-state index contributed by atoms with van der Waals surface area (Å²) < 4.78 is 2.01. The lowest BCUT2D eigenvalue weighted by Crippen LogP contribution is -2.29. The number of nitrogens with one attached hydrogen (secondary N) is 1. The molecule has 2 aliphatic rings. The maximum absolute atomic E-state index is 13.4. The average Bonchev–Trinajstić information content (AvgIpc) is 3.01. The highest BCUT2D eigenvalue weighted by molar-refractivity contribution is 8.26. The van der Waals surface area contributed by atoms with Crippen LogP contribution in [0, 0.1) is 12.8 Å². The molecule has 0 unspecified atom stereocenters. The van der Waals surface area contributed by atoms with Crippen molar-refractivity contribution in [2.24, 2.45) is 5.92 Å². The number of rotatable bonds is 5. The van der Waals surface area contributed by atoms with Gasteiger partial charge in [0.15, 0.2) is 0 Å². The van der Waals surface area contributed by atoms with Crippen LogP contribution in [-0.2, 0) is 4.79 Å². The Balaban J connectivity index is 1.80. The van der Waals surface area contributed by atoms with Gasteiger partial charge in [0, 0.05) is 18.8 Å². The van der Waals surface area contributed by atoms with Crippen molar-refractivity contribution in [3.63, 3.8) is 0 Å². The topological polar surface area (TPSA) is 66.7 Å². The van der Waals surface area contributed by atoms with Gasteiger partial charge in [-0.15, -0.1) is 6.58 Å². The summed E-state index contributed by atoms with van der Waals surface area (Å²) in [6.07, 6.45) is 9.37. The molecule has 2 aromatic heterocycles. The number of fused-ring (bicyclic) bond motifs is 1. The van der Waals surface area contributed by atoms with Crippen molar-refractivity contribution in [2.45, 2.75) is 45.6 Å². The smallest absolute Gasteiger partial charge is 0.267 e. The van der Waals surface area contributed by atoms with Gasteiger partial charge in [-0.2, -0.15) is 0 Å². The van der Waals surface area contributed by atoms with Crippen molar-refractivity contribution in [2.75, 3.05) is 11.9 Å². The zero-order valence-electron chi connectivity index (χ0n) is 17.8. The summed E-state index contributed by atoms with van der Waals surface area (Å²) in [5, 5.41) is 3.51. The fourth-order valence-corrected chi connectivity index (χ4v) is 5.32. The van der Waals surface area contributed by atoms with E-state index in [4.69, 9.17) is 17.2 Å². The zero-order chi connectivity index (χ0) is 22.1. The van der Waals surface area contributed by atoms with E-state index in [-0.39, 0.29) is 17.5 Å². The number of pyridine rings is 1. The maximum atomic E-state index is 13.4. The molecule has 1 amide bonds. The van der Waals surface area contributed by atoms with E-state index in [1.165, 1.54) is 16.7 Å². The van der Waals surface area contributed by atoms with Crippen LogP contribution in [0.25, 0.3) is 11.7 Å². The summed E-state index contributed by atoms with van der Waals surface area (Å²) in [5.41, 5.74) is 1.73. The van der Waals surface area contributed by atoms with E-state index in [9.17, 15) is 9.59 Å². The number of thiocarbonyl (C=S) groups is 1. The molecule has 2 aromatic rings. The third-order valence-electron chi connectivity index (χ3n) is 5.90. The SMILES string of the molecule is C=CCN1C(=O)C(=Cc2c(NC3CCC(C)CC3)nc3c(C)cccn3c2=O)SC1=S. The number of hydrogen-bond donors (Lipinski definition) is 1. The van der Waals surface area contributed by atoms with Gasteiger partial charge in [-0.25, -0.2) is 4.98 Å². The van der Waals surface area contributed by atoms with Gasteiger partial charge in [-0.05, 0) is 56.2 Å². The molecule has 31 heavy (non-hydrogen) atoms. The lowest BCUT2D eigenvalue weighted by molar-refractivity contribution is -0.121. The number of carbonyl (C=O) groups excluding carboxylic acids is 1. The normalized spacial score (nSPS) is 23.0. The summed E-state index contributed by atoms with van der Waals surface area (Å²) >= 11 is 6.55. The molecule has 4 rings (SSSR count). The molecule has 1 saturated carbocycles. The zero-order valence-corrected chi connectivity index (χ0v) is 19.4. The first-order chi connectivity index (χ1) is 14.9. The molecule has 1 aliphatic heterocycles. The number of hydrogen-bond acceptors (Lipinski definition) is 6. The van der Waals surface area contributed by atoms with E-state index < -0.39 is 0 Å². The van der Waals surface area contributed by atoms with E-state index in [2.05, 4.69) is 18.8 Å². The van der Waals surface area contributed by atoms with Gasteiger partial charge in [-0.3, -0.25) is 18.9 Å². The van der Waals surface area contributed by atoms with Crippen LogP contribution >= 0.6 is 24.0 Å². The quantitative estimate of drug-likeness (QED) is 0.411. The van der Waals surface area contributed by atoms with Crippen LogP contribution < -0.4 is 10.9 Å². The summed E-state index contributed by atoms with van der Waals surface area (Å²) in [6.45, 7) is 8.25. The second kappa shape index (κ2) is 8.96. The Morgan fingerprint density at radius 1 is 1.32 bits per heavy atom. The predicted molar refractivity (Wildman–Crippen MR) is 131 cm³/mol. The van der Waals surface area contributed by atoms with Crippen LogP contribution in [0.4, 0.5) is 5.82 Å². The van der Waals surface area contributed by atoms with E-state index in [0.717, 1.165) is 37.2 Å². The monoisotopic (exact) mass is 454 g/mol. The number of anilines is 1. The molecule has 0 bridgehead atoms. The van der Waals surface area contributed by atoms with E-state index >= 15 is 0 Å². The first-order valence-electron chi connectivity index (χ1n) is 10.5. The van der Waals surface area contributed by atoms with Gasteiger partial charge in [0.2, 0.25) is 0 Å². The molecule has 1 aliphatic carbocycles. The minimum atomic E-state index is -0.207. The van der Waals surface area contributed by atoms with Gasteiger partial charge in [-0.1, -0.05) is 43.0 Å². The van der Waals surface area contributed by atoms with E-state index in [0.29, 0.717) is 32.8 Å². The maximum Gasteiger partial charge on any atom is 0.267 e. The molecule has 1 N–H and O–H groups in total. The molecular weight excluding hydrogens is 428 g/mol. The number of thioether (sulfide) groups is 1. The number of carbonyl (C=O) groups is 1. The molecular formula is C23H26N4O2S2. The van der Waals surface area contributed by atoms with E-state index in [1.54, 1.807) is 22.7 Å². The van der Waals surface area contributed by atoms with Gasteiger partial charge >= 0.3 is 0 Å². The molecule has 1 saturated heterocycles. The van der Waals surface area contributed by atoms with Crippen molar-refractivity contribution in [3.05, 3.63) is 57.4 Å². The van der Waals surface area contributed by atoms with Crippen LogP contribution in [0.5, 0.6) is 0 Å². The number of aryl methyl sites for hydroxylation is 1. The first-order valence-corrected chi connectivity index (χ1v) is 11.8. The lowest BCUT2D eigenvalue weighted by atomic mass is 9.87. The molecule has 8 heteroatoms. The third-order valence-corrected chi connectivity index (χ3v) is 7.28. The summed E-state index contributed by atoms with van der Waals surface area (Å²) in [5.74, 6) is 1.05. The summed E-state index contributed by atoms with van der Waals surface area (Å²) in [7, 11) is 0. The second-order valence-electron chi connectivity index (χ2n) is 8.25. The Morgan fingerprint density at radius 2 is 2.06 bits per heavy atom. The van der Waals surface area contributed by atoms with Crippen molar-refractivity contribution in [1.29, 1.82) is 0 Å². The number of amides is 1. The molecule has 0 radical (unpaired) electrons. The lowest BCUT2D eigenvalue weighted by Gasteiger charge is -2.28. The molecule has 0 aromatic carbocycles. The third kappa shape index (κ3) is 4.32. The van der Waals surface area contributed by atoms with Crippen molar-refractivity contribution in [3.8, 4) is 0 Å². The highest BCUT2D eigenvalue weighted by Gasteiger charge is 2.32. The van der Waals surface area contributed by atoms with Crippen molar-refractivity contribution >= 4 is 51.7 Å². The minimum Gasteiger partial charge on any atom is -0.367 e.